The van der Waals surface area contributed by atoms with Crippen LogP contribution in [0.1, 0.15) is 26.7 Å². The highest BCUT2D eigenvalue weighted by Crippen LogP contribution is 2.19. The minimum Gasteiger partial charge on any atom is -0.310 e. The van der Waals surface area contributed by atoms with Gasteiger partial charge in [-0.1, -0.05) is 25.1 Å². The molecule has 0 amide bonds. The largest absolute Gasteiger partial charge is 0.310 e. The summed E-state index contributed by atoms with van der Waals surface area (Å²) >= 11 is 1.97. The predicted molar refractivity (Wildman–Crippen MR) is 84.9 cm³/mol. The van der Waals surface area contributed by atoms with E-state index in [0.717, 1.165) is 6.54 Å². The topological polar surface area (TPSA) is 15.3 Å². The van der Waals surface area contributed by atoms with E-state index in [1.165, 1.54) is 43.1 Å². The van der Waals surface area contributed by atoms with E-state index in [0.29, 0.717) is 5.54 Å². The molecule has 0 radical (unpaired) electrons. The Labute approximate surface area is 122 Å². The van der Waals surface area contributed by atoms with Crippen LogP contribution < -0.4 is 5.32 Å². The summed E-state index contributed by atoms with van der Waals surface area (Å²) in [4.78, 5) is 4.01. The summed E-state index contributed by atoms with van der Waals surface area (Å²) in [6.45, 7) is 9.41. The predicted octanol–water partition coefficient (Wildman–Crippen LogP) is 3.24. The molecule has 1 unspecified atom stereocenters. The lowest BCUT2D eigenvalue weighted by atomic mass is 9.99. The third-order valence-electron chi connectivity index (χ3n) is 3.98. The van der Waals surface area contributed by atoms with Crippen molar-refractivity contribution < 1.29 is 0 Å². The Balaban J connectivity index is 1.78. The number of rotatable bonds is 5. The van der Waals surface area contributed by atoms with Gasteiger partial charge in [0.2, 0.25) is 0 Å². The lowest BCUT2D eigenvalue weighted by Crippen LogP contribution is -2.48. The Hall–Kier alpha value is -0.510. The lowest BCUT2D eigenvalue weighted by Gasteiger charge is -2.32. The maximum atomic E-state index is 3.70. The molecule has 1 aliphatic heterocycles. The van der Waals surface area contributed by atoms with Crippen LogP contribution in [0.5, 0.6) is 0 Å². The van der Waals surface area contributed by atoms with E-state index in [2.05, 4.69) is 54.4 Å². The second-order valence-corrected chi connectivity index (χ2v) is 6.80. The molecule has 1 heterocycles. The fourth-order valence-electron chi connectivity index (χ4n) is 2.56. The van der Waals surface area contributed by atoms with E-state index in [4.69, 9.17) is 0 Å². The molecule has 2 rings (SSSR count). The first-order valence-corrected chi connectivity index (χ1v) is 8.36. The number of thioether (sulfide) groups is 1. The molecule has 2 nitrogen and oxygen atoms in total. The van der Waals surface area contributed by atoms with Crippen LogP contribution in [0.3, 0.4) is 0 Å². The maximum Gasteiger partial charge on any atom is 0.0277 e. The third kappa shape index (κ3) is 4.83. The van der Waals surface area contributed by atoms with Gasteiger partial charge in [0.15, 0.2) is 0 Å². The molecule has 1 N–H and O–H groups in total. The van der Waals surface area contributed by atoms with E-state index in [1.807, 2.05) is 11.8 Å². The first-order chi connectivity index (χ1) is 9.22. The molecule has 0 aromatic heterocycles. The summed E-state index contributed by atoms with van der Waals surface area (Å²) in [7, 11) is 0. The minimum absolute atomic E-state index is 0.300. The van der Waals surface area contributed by atoms with Gasteiger partial charge in [-0.2, -0.15) is 0 Å². The molecule has 0 saturated carbocycles. The van der Waals surface area contributed by atoms with E-state index in [9.17, 15) is 0 Å². The molecule has 0 aliphatic carbocycles. The van der Waals surface area contributed by atoms with Crippen molar-refractivity contribution in [1.82, 2.24) is 10.2 Å². The molecule has 19 heavy (non-hydrogen) atoms. The molecule has 0 spiro atoms. The smallest absolute Gasteiger partial charge is 0.0277 e. The van der Waals surface area contributed by atoms with Crippen molar-refractivity contribution in [3.63, 3.8) is 0 Å². The molecule has 1 fully saturated rings. The maximum absolute atomic E-state index is 3.70. The van der Waals surface area contributed by atoms with Crippen LogP contribution in [-0.2, 0) is 0 Å². The van der Waals surface area contributed by atoms with Crippen molar-refractivity contribution in [3.05, 3.63) is 30.3 Å². The quantitative estimate of drug-likeness (QED) is 0.832. The zero-order valence-corrected chi connectivity index (χ0v) is 13.0. The lowest BCUT2D eigenvalue weighted by molar-refractivity contribution is 0.225. The van der Waals surface area contributed by atoms with Crippen LogP contribution in [-0.4, -0.2) is 42.4 Å². The first-order valence-electron chi connectivity index (χ1n) is 7.37. The number of nitrogens with one attached hydrogen (secondary N) is 1. The molecule has 1 saturated heterocycles. The first kappa shape index (κ1) is 14.9. The van der Waals surface area contributed by atoms with Gasteiger partial charge in [0.05, 0.1) is 0 Å². The molecule has 1 aliphatic rings. The Bertz CT molecular complexity index is 368. The van der Waals surface area contributed by atoms with E-state index in [-0.39, 0.29) is 0 Å². The summed E-state index contributed by atoms with van der Waals surface area (Å²) in [6.07, 6.45) is 2.47. The molecular formula is C16H26N2S. The molecule has 1 aromatic rings. The van der Waals surface area contributed by atoms with Crippen molar-refractivity contribution in [2.75, 3.05) is 31.9 Å². The Morgan fingerprint density at radius 1 is 1.32 bits per heavy atom. The number of nitrogens with zero attached hydrogens (tertiary/aromatic N) is 1. The van der Waals surface area contributed by atoms with Crippen LogP contribution in [0.15, 0.2) is 35.2 Å². The Morgan fingerprint density at radius 2 is 2.11 bits per heavy atom. The molecule has 1 atom stereocenters. The van der Waals surface area contributed by atoms with Crippen molar-refractivity contribution >= 4 is 11.8 Å². The fraction of sp³-hybridized carbons (Fsp3) is 0.625. The highest BCUT2D eigenvalue weighted by Gasteiger charge is 2.26. The van der Waals surface area contributed by atoms with Crippen LogP contribution in [0, 0.1) is 0 Å². The average molecular weight is 278 g/mol. The summed E-state index contributed by atoms with van der Waals surface area (Å²) in [5, 5.41) is 3.70. The molecular weight excluding hydrogens is 252 g/mol. The van der Waals surface area contributed by atoms with Gasteiger partial charge in [0, 0.05) is 29.3 Å². The summed E-state index contributed by atoms with van der Waals surface area (Å²) in [6, 6.07) is 10.7. The fourth-order valence-corrected chi connectivity index (χ4v) is 3.49. The molecule has 1 aromatic carbocycles. The highest BCUT2D eigenvalue weighted by atomic mass is 32.2. The van der Waals surface area contributed by atoms with Crippen molar-refractivity contribution in [3.8, 4) is 0 Å². The van der Waals surface area contributed by atoms with Gasteiger partial charge in [0.25, 0.3) is 0 Å². The Morgan fingerprint density at radius 3 is 2.84 bits per heavy atom. The standard InChI is InChI=1S/C16H26N2S/c1-3-16(2)14-18(11-7-10-17-16)12-13-19-15-8-5-4-6-9-15/h4-6,8-9,17H,3,7,10-14H2,1-2H3. The minimum atomic E-state index is 0.300. The summed E-state index contributed by atoms with van der Waals surface area (Å²) in [5.41, 5.74) is 0.300. The van der Waals surface area contributed by atoms with Gasteiger partial charge in [0.1, 0.15) is 0 Å². The van der Waals surface area contributed by atoms with Gasteiger partial charge in [-0.05, 0) is 45.0 Å². The van der Waals surface area contributed by atoms with Gasteiger partial charge < -0.3 is 10.2 Å². The highest BCUT2D eigenvalue weighted by molar-refractivity contribution is 7.99. The zero-order valence-electron chi connectivity index (χ0n) is 12.2. The van der Waals surface area contributed by atoms with Crippen LogP contribution in [0.4, 0.5) is 0 Å². The average Bonchev–Trinajstić information content (AvgIpc) is 2.63. The third-order valence-corrected chi connectivity index (χ3v) is 4.97. The summed E-state index contributed by atoms with van der Waals surface area (Å²) in [5.74, 6) is 1.18. The van der Waals surface area contributed by atoms with Crippen molar-refractivity contribution in [2.45, 2.75) is 37.1 Å². The monoisotopic (exact) mass is 278 g/mol. The van der Waals surface area contributed by atoms with Gasteiger partial charge in [-0.15, -0.1) is 11.8 Å². The number of benzene rings is 1. The normalized spacial score (nSPS) is 25.2. The SMILES string of the molecule is CCC1(C)CN(CCSc2ccccc2)CCCN1. The number of hydrogen-bond donors (Lipinski definition) is 1. The van der Waals surface area contributed by atoms with Crippen LogP contribution in [0.2, 0.25) is 0 Å². The van der Waals surface area contributed by atoms with E-state index >= 15 is 0 Å². The van der Waals surface area contributed by atoms with Gasteiger partial charge in [-0.3, -0.25) is 0 Å². The van der Waals surface area contributed by atoms with Crippen LogP contribution >= 0.6 is 11.8 Å². The van der Waals surface area contributed by atoms with E-state index in [1.54, 1.807) is 0 Å². The summed E-state index contributed by atoms with van der Waals surface area (Å²) < 4.78 is 0. The second-order valence-electron chi connectivity index (χ2n) is 5.63. The van der Waals surface area contributed by atoms with Crippen molar-refractivity contribution in [1.29, 1.82) is 0 Å². The van der Waals surface area contributed by atoms with Crippen LogP contribution in [0.25, 0.3) is 0 Å². The molecule has 0 bridgehead atoms. The van der Waals surface area contributed by atoms with Gasteiger partial charge >= 0.3 is 0 Å². The second kappa shape index (κ2) is 7.32. The zero-order chi connectivity index (χ0) is 13.6. The molecule has 106 valence electrons. The van der Waals surface area contributed by atoms with E-state index < -0.39 is 0 Å². The van der Waals surface area contributed by atoms with Gasteiger partial charge in [-0.25, -0.2) is 0 Å². The number of hydrogen-bond acceptors (Lipinski definition) is 3. The van der Waals surface area contributed by atoms with Crippen molar-refractivity contribution in [2.24, 2.45) is 0 Å². The molecule has 3 heteroatoms. The Kier molecular flexibility index (Phi) is 5.74.